The lowest BCUT2D eigenvalue weighted by molar-refractivity contribution is -0.137. The summed E-state index contributed by atoms with van der Waals surface area (Å²) in [5.74, 6) is 1.38. The van der Waals surface area contributed by atoms with Crippen molar-refractivity contribution in [3.63, 3.8) is 0 Å². The van der Waals surface area contributed by atoms with Crippen LogP contribution in [-0.4, -0.2) is 52.0 Å². The summed E-state index contributed by atoms with van der Waals surface area (Å²) in [5, 5.41) is 2.66. The van der Waals surface area contributed by atoms with Gasteiger partial charge in [0.05, 0.1) is 10.4 Å². The standard InChI is InChI=1S/C20H26F3N3O2S/c1-14(2)13-17(27)26-11-12-29-19(26)7-9-25(10-8-19)18(28)24-16-5-3-15(4-6-16)20(21,22)23/h3-6,14H,7-13H2,1-2H3,(H,24,28). The molecule has 2 heterocycles. The number of amides is 3. The molecule has 0 aromatic heterocycles. The van der Waals surface area contributed by atoms with Gasteiger partial charge in [-0.05, 0) is 43.0 Å². The second kappa shape index (κ2) is 8.45. The zero-order valence-electron chi connectivity index (χ0n) is 16.6. The molecular formula is C20H26F3N3O2S. The summed E-state index contributed by atoms with van der Waals surface area (Å²) >= 11 is 1.79. The van der Waals surface area contributed by atoms with Crippen molar-refractivity contribution in [3.8, 4) is 0 Å². The van der Waals surface area contributed by atoms with Crippen LogP contribution < -0.4 is 5.32 Å². The molecule has 0 atom stereocenters. The second-order valence-corrected chi connectivity index (χ2v) is 9.39. The highest BCUT2D eigenvalue weighted by Gasteiger charge is 2.46. The Kier molecular flexibility index (Phi) is 6.36. The Hall–Kier alpha value is -1.90. The van der Waals surface area contributed by atoms with E-state index in [9.17, 15) is 22.8 Å². The number of hydrogen-bond donors (Lipinski definition) is 1. The minimum Gasteiger partial charge on any atom is -0.327 e. The van der Waals surface area contributed by atoms with Gasteiger partial charge in [0.2, 0.25) is 5.91 Å². The third kappa shape index (κ3) is 4.99. The predicted octanol–water partition coefficient (Wildman–Crippen LogP) is 4.65. The quantitative estimate of drug-likeness (QED) is 0.761. The maximum absolute atomic E-state index is 12.7. The summed E-state index contributed by atoms with van der Waals surface area (Å²) in [7, 11) is 0. The number of urea groups is 1. The summed E-state index contributed by atoms with van der Waals surface area (Å²) < 4.78 is 38.0. The molecular weight excluding hydrogens is 403 g/mol. The van der Waals surface area contributed by atoms with E-state index in [1.54, 1.807) is 16.7 Å². The molecule has 5 nitrogen and oxygen atoms in total. The van der Waals surface area contributed by atoms with Gasteiger partial charge in [-0.15, -0.1) is 11.8 Å². The van der Waals surface area contributed by atoms with E-state index in [2.05, 4.69) is 5.32 Å². The van der Waals surface area contributed by atoms with E-state index in [0.717, 1.165) is 24.4 Å². The average molecular weight is 430 g/mol. The van der Waals surface area contributed by atoms with Gasteiger partial charge in [0.1, 0.15) is 0 Å². The number of rotatable bonds is 3. The molecule has 0 aliphatic carbocycles. The lowest BCUT2D eigenvalue weighted by Crippen LogP contribution is -2.54. The zero-order chi connectivity index (χ0) is 21.2. The normalized spacial score (nSPS) is 19.1. The summed E-state index contributed by atoms with van der Waals surface area (Å²) in [6, 6.07) is 4.08. The fraction of sp³-hybridized carbons (Fsp3) is 0.600. The van der Waals surface area contributed by atoms with Crippen LogP contribution in [0.4, 0.5) is 23.7 Å². The van der Waals surface area contributed by atoms with Crippen molar-refractivity contribution < 1.29 is 22.8 Å². The van der Waals surface area contributed by atoms with Crippen LogP contribution in [0.2, 0.25) is 0 Å². The Morgan fingerprint density at radius 3 is 2.31 bits per heavy atom. The summed E-state index contributed by atoms with van der Waals surface area (Å²) in [6.45, 7) is 5.81. The van der Waals surface area contributed by atoms with E-state index in [1.165, 1.54) is 12.1 Å². The lowest BCUT2D eigenvalue weighted by Gasteiger charge is -2.44. The first kappa shape index (κ1) is 21.8. The van der Waals surface area contributed by atoms with Crippen molar-refractivity contribution in [1.82, 2.24) is 9.80 Å². The number of nitrogens with zero attached hydrogens (tertiary/aromatic N) is 2. The van der Waals surface area contributed by atoms with Gasteiger partial charge >= 0.3 is 12.2 Å². The van der Waals surface area contributed by atoms with E-state index in [1.807, 2.05) is 18.7 Å². The molecule has 3 amide bonds. The van der Waals surface area contributed by atoms with Gasteiger partial charge in [-0.25, -0.2) is 4.79 Å². The molecule has 0 bridgehead atoms. The van der Waals surface area contributed by atoms with Crippen molar-refractivity contribution in [2.24, 2.45) is 5.92 Å². The lowest BCUT2D eigenvalue weighted by atomic mass is 10.0. The third-order valence-corrected chi connectivity index (χ3v) is 6.91. The topological polar surface area (TPSA) is 52.7 Å². The molecule has 0 unspecified atom stereocenters. The van der Waals surface area contributed by atoms with E-state index in [0.29, 0.717) is 44.0 Å². The number of anilines is 1. The van der Waals surface area contributed by atoms with Crippen LogP contribution in [0, 0.1) is 5.92 Å². The highest BCUT2D eigenvalue weighted by Crippen LogP contribution is 2.44. The molecule has 0 saturated carbocycles. The first-order valence-corrected chi connectivity index (χ1v) is 10.8. The largest absolute Gasteiger partial charge is 0.416 e. The average Bonchev–Trinajstić information content (AvgIpc) is 3.04. The number of carbonyl (C=O) groups excluding carboxylic acids is 2. The Morgan fingerprint density at radius 2 is 1.76 bits per heavy atom. The molecule has 0 radical (unpaired) electrons. The first-order valence-electron chi connectivity index (χ1n) is 9.78. The van der Waals surface area contributed by atoms with Crippen molar-refractivity contribution in [2.75, 3.05) is 30.7 Å². The SMILES string of the molecule is CC(C)CC(=O)N1CCSC12CCN(C(=O)Nc1ccc(C(F)(F)F)cc1)CC2. The fourth-order valence-corrected chi connectivity index (χ4v) is 5.31. The first-order chi connectivity index (χ1) is 13.6. The van der Waals surface area contributed by atoms with Gasteiger partial charge in [0, 0.05) is 37.5 Å². The monoisotopic (exact) mass is 429 g/mol. The maximum atomic E-state index is 12.7. The molecule has 1 aromatic carbocycles. The number of carbonyl (C=O) groups is 2. The van der Waals surface area contributed by atoms with Crippen LogP contribution in [-0.2, 0) is 11.0 Å². The predicted molar refractivity (Wildman–Crippen MR) is 108 cm³/mol. The Labute approximate surface area is 173 Å². The number of halogens is 3. The van der Waals surface area contributed by atoms with Gasteiger partial charge in [0.15, 0.2) is 0 Å². The number of alkyl halides is 3. The smallest absolute Gasteiger partial charge is 0.327 e. The number of benzene rings is 1. The highest BCUT2D eigenvalue weighted by molar-refractivity contribution is 8.00. The summed E-state index contributed by atoms with van der Waals surface area (Å²) in [6.07, 6.45) is -2.48. The van der Waals surface area contributed by atoms with E-state index >= 15 is 0 Å². The molecule has 3 rings (SSSR count). The molecule has 1 spiro atoms. The van der Waals surface area contributed by atoms with Crippen molar-refractivity contribution >= 4 is 29.4 Å². The van der Waals surface area contributed by atoms with Gasteiger partial charge in [-0.3, -0.25) is 4.79 Å². The molecule has 2 fully saturated rings. The molecule has 2 saturated heterocycles. The minimum absolute atomic E-state index is 0.174. The van der Waals surface area contributed by atoms with Crippen LogP contribution in [0.5, 0.6) is 0 Å². The van der Waals surface area contributed by atoms with Crippen molar-refractivity contribution in [3.05, 3.63) is 29.8 Å². The van der Waals surface area contributed by atoms with Gasteiger partial charge in [-0.1, -0.05) is 13.8 Å². The maximum Gasteiger partial charge on any atom is 0.416 e. The number of likely N-dealkylation sites (tertiary alicyclic amines) is 1. The van der Waals surface area contributed by atoms with E-state index < -0.39 is 11.7 Å². The van der Waals surface area contributed by atoms with E-state index in [-0.39, 0.29) is 16.8 Å². The minimum atomic E-state index is -4.40. The summed E-state index contributed by atoms with van der Waals surface area (Å²) in [4.78, 5) is 28.6. The van der Waals surface area contributed by atoms with Crippen LogP contribution >= 0.6 is 11.8 Å². The molecule has 1 aromatic rings. The van der Waals surface area contributed by atoms with Crippen LogP contribution in [0.1, 0.15) is 38.7 Å². The highest BCUT2D eigenvalue weighted by atomic mass is 32.2. The number of piperidine rings is 1. The third-order valence-electron chi connectivity index (χ3n) is 5.36. The second-order valence-electron chi connectivity index (χ2n) is 7.93. The molecule has 1 N–H and O–H groups in total. The Bertz CT molecular complexity index is 744. The summed E-state index contributed by atoms with van der Waals surface area (Å²) in [5.41, 5.74) is -0.424. The van der Waals surface area contributed by atoms with Crippen LogP contribution in [0.15, 0.2) is 24.3 Å². The van der Waals surface area contributed by atoms with Gasteiger partial charge in [-0.2, -0.15) is 13.2 Å². The van der Waals surface area contributed by atoms with Crippen molar-refractivity contribution in [2.45, 2.75) is 44.2 Å². The molecule has 2 aliphatic heterocycles. The molecule has 29 heavy (non-hydrogen) atoms. The molecule has 160 valence electrons. The number of hydrogen-bond acceptors (Lipinski definition) is 3. The molecule has 9 heteroatoms. The number of nitrogens with one attached hydrogen (secondary N) is 1. The molecule has 2 aliphatic rings. The van der Waals surface area contributed by atoms with Crippen molar-refractivity contribution in [1.29, 1.82) is 0 Å². The van der Waals surface area contributed by atoms with E-state index in [4.69, 9.17) is 0 Å². The van der Waals surface area contributed by atoms with Gasteiger partial charge < -0.3 is 15.1 Å². The number of thioether (sulfide) groups is 1. The Balaban J connectivity index is 1.57. The fourth-order valence-electron chi connectivity index (χ4n) is 3.84. The van der Waals surface area contributed by atoms with Crippen LogP contribution in [0.3, 0.4) is 0 Å². The Morgan fingerprint density at radius 1 is 1.14 bits per heavy atom. The zero-order valence-corrected chi connectivity index (χ0v) is 17.4. The van der Waals surface area contributed by atoms with Crippen LogP contribution in [0.25, 0.3) is 0 Å². The van der Waals surface area contributed by atoms with Gasteiger partial charge in [0.25, 0.3) is 0 Å².